The van der Waals surface area contributed by atoms with Crippen LogP contribution in [0.2, 0.25) is 0 Å². The van der Waals surface area contributed by atoms with Crippen LogP contribution in [-0.4, -0.2) is 47.5 Å². The van der Waals surface area contributed by atoms with E-state index < -0.39 is 17.9 Å². The van der Waals surface area contributed by atoms with E-state index in [0.717, 1.165) is 4.90 Å². The molecule has 1 unspecified atom stereocenters. The van der Waals surface area contributed by atoms with Gasteiger partial charge in [0.25, 0.3) is 0 Å². The molecule has 2 aliphatic heterocycles. The third kappa shape index (κ3) is 1.18. The zero-order chi connectivity index (χ0) is 11.2. The second-order valence-electron chi connectivity index (χ2n) is 3.38. The normalized spacial score (nSPS) is 25.6. The highest BCUT2D eigenvalue weighted by atomic mass is 16.2. The highest BCUT2D eigenvalue weighted by Gasteiger charge is 2.44. The van der Waals surface area contributed by atoms with Gasteiger partial charge in [-0.3, -0.25) is 19.4 Å². The van der Waals surface area contributed by atoms with E-state index in [1.165, 1.54) is 31.3 Å². The Hall–Kier alpha value is -1.98. The van der Waals surface area contributed by atoms with Crippen LogP contribution in [0, 0.1) is 5.92 Å². The molecular weight excluding hydrogens is 198 g/mol. The number of rotatable bonds is 0. The lowest BCUT2D eigenvalue weighted by atomic mass is 9.96. The second-order valence-corrected chi connectivity index (χ2v) is 3.38. The van der Waals surface area contributed by atoms with E-state index in [-0.39, 0.29) is 11.6 Å². The Balaban J connectivity index is 2.49. The number of hydrogen-bond acceptors (Lipinski definition) is 4. The summed E-state index contributed by atoms with van der Waals surface area (Å²) in [6, 6.07) is -0.474. The standard InChI is InChI=1S/C9H9N3O3/c1-11-7-6(5(13)3-4-10-7)8(14)12(2)9(11)15/h3-4,6H,1-2H3. The van der Waals surface area contributed by atoms with Gasteiger partial charge in [0.15, 0.2) is 11.7 Å². The van der Waals surface area contributed by atoms with Gasteiger partial charge in [-0.15, -0.1) is 0 Å². The first-order valence-electron chi connectivity index (χ1n) is 4.37. The smallest absolute Gasteiger partial charge is 0.293 e. The van der Waals surface area contributed by atoms with Crippen molar-refractivity contribution in [1.29, 1.82) is 0 Å². The summed E-state index contributed by atoms with van der Waals surface area (Å²) in [5.74, 6) is -1.61. The Morgan fingerprint density at radius 3 is 2.53 bits per heavy atom. The fraction of sp³-hybridized carbons (Fsp3) is 0.333. The molecule has 1 fully saturated rings. The van der Waals surface area contributed by atoms with Crippen molar-refractivity contribution in [3.05, 3.63) is 12.3 Å². The quantitative estimate of drug-likeness (QED) is 0.508. The molecule has 3 amide bonds. The lowest BCUT2D eigenvalue weighted by molar-refractivity contribution is -0.135. The average molecular weight is 207 g/mol. The number of hydrogen-bond donors (Lipinski definition) is 0. The summed E-state index contributed by atoms with van der Waals surface area (Å²) in [5, 5.41) is 0. The van der Waals surface area contributed by atoms with Gasteiger partial charge >= 0.3 is 6.03 Å². The van der Waals surface area contributed by atoms with Crippen LogP contribution >= 0.6 is 0 Å². The number of carbonyl (C=O) groups excluding carboxylic acids is 3. The minimum absolute atomic E-state index is 0.204. The summed E-state index contributed by atoms with van der Waals surface area (Å²) in [4.78, 5) is 40.7. The third-order valence-corrected chi connectivity index (χ3v) is 2.48. The molecule has 0 spiro atoms. The number of fused-ring (bicyclic) bond motifs is 1. The fourth-order valence-electron chi connectivity index (χ4n) is 1.61. The molecule has 6 nitrogen and oxygen atoms in total. The van der Waals surface area contributed by atoms with E-state index >= 15 is 0 Å². The number of urea groups is 1. The van der Waals surface area contributed by atoms with Gasteiger partial charge in [0.2, 0.25) is 5.91 Å². The first-order valence-corrected chi connectivity index (χ1v) is 4.37. The zero-order valence-corrected chi connectivity index (χ0v) is 8.30. The number of ketones is 1. The number of allylic oxidation sites excluding steroid dienone is 1. The van der Waals surface area contributed by atoms with Gasteiger partial charge < -0.3 is 0 Å². The van der Waals surface area contributed by atoms with Crippen molar-refractivity contribution < 1.29 is 14.4 Å². The molecule has 1 saturated heterocycles. The Kier molecular flexibility index (Phi) is 1.92. The van der Waals surface area contributed by atoms with E-state index in [1.54, 1.807) is 0 Å². The maximum absolute atomic E-state index is 11.7. The molecule has 0 bridgehead atoms. The summed E-state index contributed by atoms with van der Waals surface area (Å²) in [6.07, 6.45) is 2.54. The summed E-state index contributed by atoms with van der Waals surface area (Å²) >= 11 is 0. The monoisotopic (exact) mass is 207 g/mol. The van der Waals surface area contributed by atoms with Crippen molar-refractivity contribution >= 4 is 23.6 Å². The molecular formula is C9H9N3O3. The summed E-state index contributed by atoms with van der Waals surface area (Å²) < 4.78 is 0. The number of carbonyl (C=O) groups is 3. The van der Waals surface area contributed by atoms with E-state index in [2.05, 4.69) is 4.99 Å². The fourth-order valence-corrected chi connectivity index (χ4v) is 1.61. The molecule has 15 heavy (non-hydrogen) atoms. The first kappa shape index (κ1) is 9.57. The van der Waals surface area contributed by atoms with Crippen molar-refractivity contribution in [2.75, 3.05) is 14.1 Å². The molecule has 2 aliphatic rings. The van der Waals surface area contributed by atoms with Gasteiger partial charge in [0.1, 0.15) is 5.84 Å². The Labute approximate surface area is 85.9 Å². The maximum Gasteiger partial charge on any atom is 0.331 e. The van der Waals surface area contributed by atoms with Crippen LogP contribution in [0.15, 0.2) is 17.3 Å². The molecule has 1 atom stereocenters. The van der Waals surface area contributed by atoms with Gasteiger partial charge in [-0.05, 0) is 0 Å². The van der Waals surface area contributed by atoms with E-state index in [1.807, 2.05) is 0 Å². The van der Waals surface area contributed by atoms with Gasteiger partial charge in [-0.1, -0.05) is 0 Å². The molecule has 0 aromatic heterocycles. The van der Waals surface area contributed by atoms with Crippen molar-refractivity contribution in [2.45, 2.75) is 0 Å². The topological polar surface area (TPSA) is 70.1 Å². The summed E-state index contributed by atoms with van der Waals surface area (Å²) in [7, 11) is 2.84. The summed E-state index contributed by atoms with van der Waals surface area (Å²) in [6.45, 7) is 0. The van der Waals surface area contributed by atoms with Crippen LogP contribution in [0.5, 0.6) is 0 Å². The molecule has 2 rings (SSSR count). The predicted molar refractivity (Wildman–Crippen MR) is 51.0 cm³/mol. The van der Waals surface area contributed by atoms with Gasteiger partial charge in [0.05, 0.1) is 0 Å². The van der Waals surface area contributed by atoms with Crippen molar-refractivity contribution in [1.82, 2.24) is 9.80 Å². The number of amides is 3. The van der Waals surface area contributed by atoms with Crippen molar-refractivity contribution in [3.8, 4) is 0 Å². The van der Waals surface area contributed by atoms with Crippen LogP contribution in [0.3, 0.4) is 0 Å². The SMILES string of the molecule is CN1C(=O)C2C(=O)C=CN=C2N(C)C1=O. The first-order chi connectivity index (χ1) is 7.04. The lowest BCUT2D eigenvalue weighted by Gasteiger charge is -2.35. The minimum atomic E-state index is -0.956. The van der Waals surface area contributed by atoms with Crippen LogP contribution in [-0.2, 0) is 9.59 Å². The van der Waals surface area contributed by atoms with Gasteiger partial charge in [-0.25, -0.2) is 9.79 Å². The van der Waals surface area contributed by atoms with Crippen LogP contribution in [0.1, 0.15) is 0 Å². The number of aliphatic imine (C=N–C) groups is 1. The highest BCUT2D eigenvalue weighted by molar-refractivity contribution is 6.30. The van der Waals surface area contributed by atoms with E-state index in [9.17, 15) is 14.4 Å². The molecule has 0 N–H and O–H groups in total. The van der Waals surface area contributed by atoms with Crippen molar-refractivity contribution in [3.63, 3.8) is 0 Å². The average Bonchev–Trinajstić information content (AvgIpc) is 2.23. The van der Waals surface area contributed by atoms with Crippen LogP contribution in [0.4, 0.5) is 4.79 Å². The maximum atomic E-state index is 11.7. The number of imide groups is 1. The molecule has 0 aromatic carbocycles. The highest BCUT2D eigenvalue weighted by Crippen LogP contribution is 2.20. The Morgan fingerprint density at radius 2 is 1.87 bits per heavy atom. The molecule has 78 valence electrons. The lowest BCUT2D eigenvalue weighted by Crippen LogP contribution is -2.59. The predicted octanol–water partition coefficient (Wildman–Crippen LogP) is -0.379. The van der Waals surface area contributed by atoms with Crippen LogP contribution < -0.4 is 0 Å². The summed E-state index contributed by atoms with van der Waals surface area (Å²) in [5.41, 5.74) is 0. The molecule has 0 aliphatic carbocycles. The Morgan fingerprint density at radius 1 is 1.20 bits per heavy atom. The third-order valence-electron chi connectivity index (χ3n) is 2.48. The van der Waals surface area contributed by atoms with Crippen molar-refractivity contribution in [2.24, 2.45) is 10.9 Å². The molecule has 2 heterocycles. The van der Waals surface area contributed by atoms with Crippen LogP contribution in [0.25, 0.3) is 0 Å². The molecule has 0 aromatic rings. The zero-order valence-electron chi connectivity index (χ0n) is 8.30. The number of amidine groups is 1. The molecule has 0 radical (unpaired) electrons. The van der Waals surface area contributed by atoms with E-state index in [4.69, 9.17) is 0 Å². The van der Waals surface area contributed by atoms with Gasteiger partial charge in [-0.2, -0.15) is 0 Å². The second kappa shape index (κ2) is 3.01. The Bertz CT molecular complexity index is 424. The molecule has 0 saturated carbocycles. The van der Waals surface area contributed by atoms with Gasteiger partial charge in [0, 0.05) is 26.4 Å². The molecule has 6 heteroatoms. The number of nitrogens with zero attached hydrogens (tertiary/aromatic N) is 3. The van der Waals surface area contributed by atoms with E-state index in [0.29, 0.717) is 0 Å². The largest absolute Gasteiger partial charge is 0.331 e. The minimum Gasteiger partial charge on any atom is -0.293 e.